The van der Waals surface area contributed by atoms with Crippen molar-refractivity contribution < 1.29 is 9.90 Å². The van der Waals surface area contributed by atoms with Gasteiger partial charge in [-0.1, -0.05) is 19.3 Å². The Morgan fingerprint density at radius 1 is 1.38 bits per heavy atom. The van der Waals surface area contributed by atoms with E-state index in [2.05, 4.69) is 10.3 Å². The van der Waals surface area contributed by atoms with Crippen molar-refractivity contribution in [2.75, 3.05) is 5.32 Å². The number of nitrogens with one attached hydrogen (secondary N) is 1. The third-order valence-corrected chi connectivity index (χ3v) is 2.98. The summed E-state index contributed by atoms with van der Waals surface area (Å²) < 4.78 is 0. The SMILES string of the molecule is O=C(O)c1cccnc1NC1CCCCC1. The largest absolute Gasteiger partial charge is 0.478 e. The molecule has 16 heavy (non-hydrogen) atoms. The summed E-state index contributed by atoms with van der Waals surface area (Å²) in [7, 11) is 0. The molecule has 1 saturated carbocycles. The van der Waals surface area contributed by atoms with E-state index in [-0.39, 0.29) is 5.56 Å². The Morgan fingerprint density at radius 2 is 2.12 bits per heavy atom. The molecular weight excluding hydrogens is 204 g/mol. The van der Waals surface area contributed by atoms with Crippen LogP contribution in [0.3, 0.4) is 0 Å². The first-order chi connectivity index (χ1) is 7.77. The summed E-state index contributed by atoms with van der Waals surface area (Å²) in [5.41, 5.74) is 0.257. The van der Waals surface area contributed by atoms with Gasteiger partial charge in [0, 0.05) is 12.2 Å². The third kappa shape index (κ3) is 2.51. The van der Waals surface area contributed by atoms with Gasteiger partial charge in [0.1, 0.15) is 11.4 Å². The van der Waals surface area contributed by atoms with Crippen molar-refractivity contribution in [3.8, 4) is 0 Å². The molecule has 0 saturated heterocycles. The number of hydrogen-bond donors (Lipinski definition) is 2. The smallest absolute Gasteiger partial charge is 0.339 e. The maximum atomic E-state index is 11.0. The standard InChI is InChI=1S/C12H16N2O2/c15-12(16)10-7-4-8-13-11(10)14-9-5-2-1-3-6-9/h4,7-9H,1-3,5-6H2,(H,13,14)(H,15,16). The Labute approximate surface area is 94.7 Å². The van der Waals surface area contributed by atoms with Crippen LogP contribution in [0.25, 0.3) is 0 Å². The highest BCUT2D eigenvalue weighted by molar-refractivity contribution is 5.93. The molecule has 0 unspecified atom stereocenters. The lowest BCUT2D eigenvalue weighted by Gasteiger charge is -2.23. The maximum Gasteiger partial charge on any atom is 0.339 e. The number of aromatic nitrogens is 1. The van der Waals surface area contributed by atoms with Crippen molar-refractivity contribution in [2.24, 2.45) is 0 Å². The average molecular weight is 220 g/mol. The highest BCUT2D eigenvalue weighted by Crippen LogP contribution is 2.22. The van der Waals surface area contributed by atoms with E-state index in [0.29, 0.717) is 11.9 Å². The monoisotopic (exact) mass is 220 g/mol. The van der Waals surface area contributed by atoms with E-state index in [1.807, 2.05) is 0 Å². The molecule has 0 aliphatic heterocycles. The van der Waals surface area contributed by atoms with Crippen LogP contribution < -0.4 is 5.32 Å². The topological polar surface area (TPSA) is 62.2 Å². The number of rotatable bonds is 3. The molecular formula is C12H16N2O2. The average Bonchev–Trinajstić information content (AvgIpc) is 2.31. The molecule has 2 N–H and O–H groups in total. The van der Waals surface area contributed by atoms with E-state index < -0.39 is 5.97 Å². The minimum absolute atomic E-state index is 0.257. The van der Waals surface area contributed by atoms with Gasteiger partial charge in [0.15, 0.2) is 0 Å². The van der Waals surface area contributed by atoms with Gasteiger partial charge in [0.25, 0.3) is 0 Å². The first-order valence-corrected chi connectivity index (χ1v) is 5.72. The molecule has 0 atom stereocenters. The fourth-order valence-electron chi connectivity index (χ4n) is 2.13. The highest BCUT2D eigenvalue weighted by atomic mass is 16.4. The summed E-state index contributed by atoms with van der Waals surface area (Å²) in [6, 6.07) is 3.61. The third-order valence-electron chi connectivity index (χ3n) is 2.98. The first-order valence-electron chi connectivity index (χ1n) is 5.72. The van der Waals surface area contributed by atoms with Crippen LogP contribution in [0.5, 0.6) is 0 Å². The van der Waals surface area contributed by atoms with Crippen LogP contribution in [0.1, 0.15) is 42.5 Å². The summed E-state index contributed by atoms with van der Waals surface area (Å²) in [4.78, 5) is 15.1. The van der Waals surface area contributed by atoms with Crippen molar-refractivity contribution in [1.82, 2.24) is 4.98 Å². The quantitative estimate of drug-likeness (QED) is 0.821. The second kappa shape index (κ2) is 4.96. The summed E-state index contributed by atoms with van der Waals surface area (Å²) in [6.07, 6.45) is 7.55. The molecule has 1 aliphatic rings. The minimum Gasteiger partial charge on any atom is -0.478 e. The van der Waals surface area contributed by atoms with Gasteiger partial charge in [-0.3, -0.25) is 0 Å². The number of hydrogen-bond acceptors (Lipinski definition) is 3. The minimum atomic E-state index is -0.925. The Hall–Kier alpha value is -1.58. The van der Waals surface area contributed by atoms with Crippen molar-refractivity contribution in [3.63, 3.8) is 0 Å². The van der Waals surface area contributed by atoms with Crippen molar-refractivity contribution in [3.05, 3.63) is 23.9 Å². The van der Waals surface area contributed by atoms with E-state index in [0.717, 1.165) is 12.8 Å². The number of anilines is 1. The number of carboxylic acid groups (broad SMARTS) is 1. The predicted molar refractivity (Wildman–Crippen MR) is 61.7 cm³/mol. The van der Waals surface area contributed by atoms with Crippen LogP contribution in [0.2, 0.25) is 0 Å². The Kier molecular flexibility index (Phi) is 3.39. The van der Waals surface area contributed by atoms with Gasteiger partial charge < -0.3 is 10.4 Å². The summed E-state index contributed by atoms with van der Waals surface area (Å²) in [5.74, 6) is -0.423. The van der Waals surface area contributed by atoms with E-state index >= 15 is 0 Å². The molecule has 4 heteroatoms. The van der Waals surface area contributed by atoms with E-state index in [1.165, 1.54) is 19.3 Å². The van der Waals surface area contributed by atoms with Crippen molar-refractivity contribution >= 4 is 11.8 Å². The lowest BCUT2D eigenvalue weighted by molar-refractivity contribution is 0.0697. The zero-order valence-corrected chi connectivity index (χ0v) is 9.15. The fraction of sp³-hybridized carbons (Fsp3) is 0.500. The Morgan fingerprint density at radius 3 is 2.81 bits per heavy atom. The van der Waals surface area contributed by atoms with Gasteiger partial charge in [0.2, 0.25) is 0 Å². The van der Waals surface area contributed by atoms with Crippen LogP contribution >= 0.6 is 0 Å². The second-order valence-electron chi connectivity index (χ2n) is 4.18. The normalized spacial score (nSPS) is 17.0. The number of nitrogens with zero attached hydrogens (tertiary/aromatic N) is 1. The lowest BCUT2D eigenvalue weighted by Crippen LogP contribution is -2.24. The van der Waals surface area contributed by atoms with E-state index in [9.17, 15) is 4.79 Å². The highest BCUT2D eigenvalue weighted by Gasteiger charge is 2.17. The molecule has 1 aromatic heterocycles. The van der Waals surface area contributed by atoms with E-state index in [4.69, 9.17) is 5.11 Å². The van der Waals surface area contributed by atoms with Gasteiger partial charge in [-0.05, 0) is 25.0 Å². The van der Waals surface area contributed by atoms with Gasteiger partial charge in [-0.15, -0.1) is 0 Å². The molecule has 0 amide bonds. The molecule has 1 aliphatic carbocycles. The molecule has 4 nitrogen and oxygen atoms in total. The van der Waals surface area contributed by atoms with Crippen molar-refractivity contribution in [1.29, 1.82) is 0 Å². The fourth-order valence-corrected chi connectivity index (χ4v) is 2.13. The van der Waals surface area contributed by atoms with Gasteiger partial charge in [0.05, 0.1) is 0 Å². The molecule has 1 heterocycles. The van der Waals surface area contributed by atoms with Gasteiger partial charge >= 0.3 is 5.97 Å². The van der Waals surface area contributed by atoms with E-state index in [1.54, 1.807) is 18.3 Å². The molecule has 0 aromatic carbocycles. The Bertz CT molecular complexity index is 373. The molecule has 0 radical (unpaired) electrons. The zero-order chi connectivity index (χ0) is 11.4. The molecule has 1 fully saturated rings. The number of aromatic carboxylic acids is 1. The van der Waals surface area contributed by atoms with Crippen LogP contribution in [-0.2, 0) is 0 Å². The summed E-state index contributed by atoms with van der Waals surface area (Å²) in [6.45, 7) is 0. The molecule has 86 valence electrons. The zero-order valence-electron chi connectivity index (χ0n) is 9.15. The van der Waals surface area contributed by atoms with Crippen LogP contribution in [0.15, 0.2) is 18.3 Å². The van der Waals surface area contributed by atoms with Crippen LogP contribution in [0.4, 0.5) is 5.82 Å². The first kappa shape index (κ1) is 10.9. The maximum absolute atomic E-state index is 11.0. The van der Waals surface area contributed by atoms with Crippen LogP contribution in [-0.4, -0.2) is 22.1 Å². The predicted octanol–water partition coefficient (Wildman–Crippen LogP) is 2.52. The summed E-state index contributed by atoms with van der Waals surface area (Å²) in [5, 5.41) is 12.3. The molecule has 0 bridgehead atoms. The molecule has 0 spiro atoms. The number of pyridine rings is 1. The molecule has 2 rings (SSSR count). The van der Waals surface area contributed by atoms with Gasteiger partial charge in [-0.2, -0.15) is 0 Å². The molecule has 1 aromatic rings. The lowest BCUT2D eigenvalue weighted by atomic mass is 9.95. The Balaban J connectivity index is 2.10. The van der Waals surface area contributed by atoms with Crippen LogP contribution in [0, 0.1) is 0 Å². The van der Waals surface area contributed by atoms with Crippen molar-refractivity contribution in [2.45, 2.75) is 38.1 Å². The second-order valence-corrected chi connectivity index (χ2v) is 4.18. The number of carboxylic acids is 1. The van der Waals surface area contributed by atoms with Gasteiger partial charge in [-0.25, -0.2) is 9.78 Å². The number of carbonyl (C=O) groups is 1. The summed E-state index contributed by atoms with van der Waals surface area (Å²) >= 11 is 0.